The number of hydrogen-bond acceptors (Lipinski definition) is 4. The SMILES string of the molecule is O=C(N[C@]1(C(=O)O)CCSC1)[C@@H]1COc2ccccc21. The van der Waals surface area contributed by atoms with E-state index in [9.17, 15) is 14.7 Å². The molecule has 0 unspecified atom stereocenters. The third kappa shape index (κ3) is 2.14. The first kappa shape index (κ1) is 13.3. The van der Waals surface area contributed by atoms with Gasteiger partial charge in [-0.2, -0.15) is 11.8 Å². The summed E-state index contributed by atoms with van der Waals surface area (Å²) in [5.74, 6) is 0.238. The lowest BCUT2D eigenvalue weighted by Crippen LogP contribution is -2.56. The van der Waals surface area contributed by atoms with Crippen molar-refractivity contribution in [2.75, 3.05) is 18.1 Å². The Morgan fingerprint density at radius 3 is 2.90 bits per heavy atom. The van der Waals surface area contributed by atoms with Gasteiger partial charge in [0.1, 0.15) is 23.8 Å². The van der Waals surface area contributed by atoms with Crippen molar-refractivity contribution < 1.29 is 19.4 Å². The highest BCUT2D eigenvalue weighted by Crippen LogP contribution is 2.35. The highest BCUT2D eigenvalue weighted by molar-refractivity contribution is 7.99. The lowest BCUT2D eigenvalue weighted by molar-refractivity contribution is -0.146. The Balaban J connectivity index is 1.79. The number of rotatable bonds is 3. The van der Waals surface area contributed by atoms with Crippen molar-refractivity contribution in [2.45, 2.75) is 17.9 Å². The Hall–Kier alpha value is -1.69. The predicted molar refractivity (Wildman–Crippen MR) is 75.1 cm³/mol. The van der Waals surface area contributed by atoms with E-state index in [0.717, 1.165) is 11.3 Å². The van der Waals surface area contributed by atoms with Gasteiger partial charge in [-0.15, -0.1) is 0 Å². The Labute approximate surface area is 120 Å². The number of thioether (sulfide) groups is 1. The number of carbonyl (C=O) groups is 2. The molecule has 5 nitrogen and oxygen atoms in total. The van der Waals surface area contributed by atoms with Crippen LogP contribution in [-0.2, 0) is 9.59 Å². The van der Waals surface area contributed by atoms with Gasteiger partial charge in [-0.05, 0) is 18.2 Å². The summed E-state index contributed by atoms with van der Waals surface area (Å²) >= 11 is 1.55. The summed E-state index contributed by atoms with van der Waals surface area (Å²) in [7, 11) is 0. The van der Waals surface area contributed by atoms with Crippen LogP contribution in [-0.4, -0.2) is 40.6 Å². The molecule has 1 amide bonds. The van der Waals surface area contributed by atoms with E-state index in [2.05, 4.69) is 5.32 Å². The average Bonchev–Trinajstić information content (AvgIpc) is 3.05. The van der Waals surface area contributed by atoms with E-state index in [4.69, 9.17) is 4.74 Å². The quantitative estimate of drug-likeness (QED) is 0.877. The number of para-hydroxylation sites is 1. The Morgan fingerprint density at radius 1 is 1.40 bits per heavy atom. The molecule has 0 bridgehead atoms. The van der Waals surface area contributed by atoms with Crippen molar-refractivity contribution >= 4 is 23.6 Å². The second-order valence-corrected chi connectivity index (χ2v) is 6.19. The minimum Gasteiger partial charge on any atom is -0.492 e. The summed E-state index contributed by atoms with van der Waals surface area (Å²) in [4.78, 5) is 23.9. The molecule has 0 radical (unpaired) electrons. The number of carbonyl (C=O) groups excluding carboxylic acids is 1. The summed E-state index contributed by atoms with van der Waals surface area (Å²) in [6.45, 7) is 0.272. The first-order chi connectivity index (χ1) is 9.62. The van der Waals surface area contributed by atoms with E-state index in [1.54, 1.807) is 11.8 Å². The van der Waals surface area contributed by atoms with Gasteiger partial charge in [0.15, 0.2) is 0 Å². The van der Waals surface area contributed by atoms with Crippen LogP contribution >= 0.6 is 11.8 Å². The molecule has 1 aromatic carbocycles. The lowest BCUT2D eigenvalue weighted by atomic mass is 9.95. The maximum absolute atomic E-state index is 12.4. The van der Waals surface area contributed by atoms with Crippen LogP contribution < -0.4 is 10.1 Å². The summed E-state index contributed by atoms with van der Waals surface area (Å²) in [5, 5.41) is 12.1. The number of carboxylic acid groups (broad SMARTS) is 1. The number of hydrogen-bond donors (Lipinski definition) is 2. The van der Waals surface area contributed by atoms with Crippen LogP contribution in [0.4, 0.5) is 0 Å². The molecule has 0 aliphatic carbocycles. The molecule has 0 saturated carbocycles. The van der Waals surface area contributed by atoms with Gasteiger partial charge < -0.3 is 15.2 Å². The van der Waals surface area contributed by atoms with Gasteiger partial charge in [-0.25, -0.2) is 4.79 Å². The van der Waals surface area contributed by atoms with Crippen LogP contribution in [0.5, 0.6) is 5.75 Å². The van der Waals surface area contributed by atoms with Crippen LogP contribution in [0.1, 0.15) is 17.9 Å². The zero-order chi connectivity index (χ0) is 14.2. The topological polar surface area (TPSA) is 75.6 Å². The summed E-state index contributed by atoms with van der Waals surface area (Å²) in [6.07, 6.45) is 0.466. The van der Waals surface area contributed by atoms with Crippen molar-refractivity contribution in [3.8, 4) is 5.75 Å². The van der Waals surface area contributed by atoms with Crippen molar-refractivity contribution in [1.82, 2.24) is 5.32 Å². The number of carboxylic acids is 1. The molecular formula is C14H15NO4S. The maximum Gasteiger partial charge on any atom is 0.330 e. The third-order valence-corrected chi connectivity index (χ3v) is 5.00. The molecule has 3 rings (SSSR count). The van der Waals surface area contributed by atoms with Crippen molar-refractivity contribution in [3.63, 3.8) is 0 Å². The van der Waals surface area contributed by atoms with Crippen molar-refractivity contribution in [2.24, 2.45) is 0 Å². The standard InChI is InChI=1S/C14H15NO4S/c16-12(15-14(13(17)18)5-6-20-8-14)10-7-19-11-4-2-1-3-9(10)11/h1-4,10H,5-8H2,(H,15,16)(H,17,18)/t10-,14-/m1/s1. The molecule has 106 valence electrons. The smallest absolute Gasteiger partial charge is 0.330 e. The molecule has 2 atom stereocenters. The number of ether oxygens (including phenoxy) is 1. The van der Waals surface area contributed by atoms with Gasteiger partial charge in [-0.3, -0.25) is 4.79 Å². The molecule has 0 spiro atoms. The zero-order valence-corrected chi connectivity index (χ0v) is 11.6. The van der Waals surface area contributed by atoms with Gasteiger partial charge in [0, 0.05) is 11.3 Å². The molecule has 0 aromatic heterocycles. The fourth-order valence-corrected chi connectivity index (χ4v) is 3.91. The minimum atomic E-state index is -1.13. The van der Waals surface area contributed by atoms with Crippen molar-refractivity contribution in [1.29, 1.82) is 0 Å². The normalized spacial score (nSPS) is 27.7. The van der Waals surface area contributed by atoms with Gasteiger partial charge in [0.2, 0.25) is 5.91 Å². The summed E-state index contributed by atoms with van der Waals surface area (Å²) < 4.78 is 5.48. The van der Waals surface area contributed by atoms with Crippen molar-refractivity contribution in [3.05, 3.63) is 29.8 Å². The third-order valence-electron chi connectivity index (χ3n) is 3.81. The Morgan fingerprint density at radius 2 is 2.20 bits per heavy atom. The van der Waals surface area contributed by atoms with E-state index in [0.29, 0.717) is 17.9 Å². The van der Waals surface area contributed by atoms with E-state index < -0.39 is 17.4 Å². The Kier molecular flexibility index (Phi) is 3.33. The maximum atomic E-state index is 12.4. The van der Waals surface area contributed by atoms with Gasteiger partial charge in [0.25, 0.3) is 0 Å². The number of amides is 1. The van der Waals surface area contributed by atoms with Gasteiger partial charge in [0.05, 0.1) is 0 Å². The second-order valence-electron chi connectivity index (χ2n) is 5.08. The molecule has 20 heavy (non-hydrogen) atoms. The van der Waals surface area contributed by atoms with E-state index in [-0.39, 0.29) is 12.5 Å². The highest BCUT2D eigenvalue weighted by atomic mass is 32.2. The van der Waals surface area contributed by atoms with Crippen LogP contribution in [0.2, 0.25) is 0 Å². The Bertz CT molecular complexity index is 554. The first-order valence-electron chi connectivity index (χ1n) is 6.47. The number of benzene rings is 1. The molecule has 1 saturated heterocycles. The summed E-state index contributed by atoms with van der Waals surface area (Å²) in [5.41, 5.74) is -0.296. The van der Waals surface area contributed by atoms with E-state index >= 15 is 0 Å². The minimum absolute atomic E-state index is 0.264. The monoisotopic (exact) mass is 293 g/mol. The second kappa shape index (κ2) is 5.01. The van der Waals surface area contributed by atoms with Gasteiger partial charge in [-0.1, -0.05) is 18.2 Å². The molecule has 6 heteroatoms. The number of fused-ring (bicyclic) bond motifs is 1. The molecule has 2 N–H and O–H groups in total. The molecular weight excluding hydrogens is 278 g/mol. The average molecular weight is 293 g/mol. The van der Waals surface area contributed by atoms with Crippen LogP contribution in [0, 0.1) is 0 Å². The molecule has 1 fully saturated rings. The molecule has 2 heterocycles. The van der Waals surface area contributed by atoms with Crippen LogP contribution in [0.3, 0.4) is 0 Å². The number of nitrogens with one attached hydrogen (secondary N) is 1. The number of aliphatic carboxylic acids is 1. The lowest BCUT2D eigenvalue weighted by Gasteiger charge is -2.26. The summed E-state index contributed by atoms with van der Waals surface area (Å²) in [6, 6.07) is 7.38. The molecule has 2 aliphatic heterocycles. The first-order valence-corrected chi connectivity index (χ1v) is 7.63. The van der Waals surface area contributed by atoms with Crippen LogP contribution in [0.25, 0.3) is 0 Å². The fraction of sp³-hybridized carbons (Fsp3) is 0.429. The fourth-order valence-electron chi connectivity index (χ4n) is 2.59. The highest BCUT2D eigenvalue weighted by Gasteiger charge is 2.45. The van der Waals surface area contributed by atoms with E-state index in [1.807, 2.05) is 24.3 Å². The van der Waals surface area contributed by atoms with E-state index in [1.165, 1.54) is 0 Å². The largest absolute Gasteiger partial charge is 0.492 e. The molecule has 1 aromatic rings. The zero-order valence-electron chi connectivity index (χ0n) is 10.8. The van der Waals surface area contributed by atoms with Crippen LogP contribution in [0.15, 0.2) is 24.3 Å². The molecule has 2 aliphatic rings. The van der Waals surface area contributed by atoms with Gasteiger partial charge >= 0.3 is 5.97 Å². The predicted octanol–water partition coefficient (Wildman–Crippen LogP) is 1.24.